The van der Waals surface area contributed by atoms with Crippen LogP contribution in [0.4, 0.5) is 0 Å². The summed E-state index contributed by atoms with van der Waals surface area (Å²) < 4.78 is 23.8. The minimum Gasteiger partial charge on any atom is -0.461 e. The van der Waals surface area contributed by atoms with Crippen molar-refractivity contribution in [3.8, 4) is 0 Å². The highest BCUT2D eigenvalue weighted by molar-refractivity contribution is 5.96. The van der Waals surface area contributed by atoms with Crippen LogP contribution in [-0.4, -0.2) is 64.4 Å². The third kappa shape index (κ3) is 4.20. The van der Waals surface area contributed by atoms with E-state index < -0.39 is 70.8 Å². The summed E-state index contributed by atoms with van der Waals surface area (Å²) in [6, 6.07) is 8.51. The minimum absolute atomic E-state index is 0.207. The minimum atomic E-state index is -1.29. The highest BCUT2D eigenvalue weighted by atomic mass is 16.7. The van der Waals surface area contributed by atoms with Gasteiger partial charge >= 0.3 is 17.9 Å². The molecule has 2 saturated carbocycles. The van der Waals surface area contributed by atoms with E-state index in [0.717, 1.165) is 0 Å². The number of rotatable bonds is 4. The summed E-state index contributed by atoms with van der Waals surface area (Å²) in [6.07, 6.45) is -1.86. The molecule has 5 rings (SSSR count). The fraction of sp³-hybridized carbons (Fsp3) is 0.613. The van der Waals surface area contributed by atoms with Gasteiger partial charge in [0.1, 0.15) is 24.4 Å². The molecule has 1 saturated heterocycles. The Morgan fingerprint density at radius 1 is 0.950 bits per heavy atom. The zero-order chi connectivity index (χ0) is 29.4. The van der Waals surface area contributed by atoms with Gasteiger partial charge in [0.2, 0.25) is 0 Å². The molecule has 1 N–H and O–H groups in total. The monoisotopic (exact) mass is 554 g/mol. The standard InChI is InChI=1S/C31H38O9/c1-15-13-31-27(38-19(5)33)16(2)14-30(31,40-31)26(35)17(3)24(37-18(4)32)21-22(29(21,6)7)25(23(15)34)39-28(36)20-11-9-8-10-12-20/h8-13,16-17,21-25,27,34H,14H2,1-7H3/b15-13+/t16-,17+,21-,22+,23+,24+,25-,27-,30-,31-/m0/s1. The molecule has 1 heterocycles. The number of hydrogen-bond acceptors (Lipinski definition) is 9. The average Bonchev–Trinajstić information content (AvgIpc) is 3.68. The molecule has 10 atom stereocenters. The second-order valence-corrected chi connectivity index (χ2v) is 12.6. The van der Waals surface area contributed by atoms with Gasteiger partial charge in [-0.15, -0.1) is 0 Å². The number of ketones is 1. The van der Waals surface area contributed by atoms with Crippen LogP contribution in [0.5, 0.6) is 0 Å². The van der Waals surface area contributed by atoms with E-state index in [2.05, 4.69) is 0 Å². The Kier molecular flexibility index (Phi) is 6.78. The third-order valence-corrected chi connectivity index (χ3v) is 9.56. The van der Waals surface area contributed by atoms with Crippen LogP contribution >= 0.6 is 0 Å². The number of carbonyl (C=O) groups is 4. The Labute approximate surface area is 234 Å². The van der Waals surface area contributed by atoms with Crippen LogP contribution in [0.3, 0.4) is 0 Å². The molecule has 1 aromatic rings. The molecule has 3 aliphatic carbocycles. The molecule has 40 heavy (non-hydrogen) atoms. The number of benzene rings is 1. The molecule has 0 radical (unpaired) electrons. The lowest BCUT2D eigenvalue weighted by Crippen LogP contribution is -2.43. The highest BCUT2D eigenvalue weighted by Gasteiger charge is 2.84. The highest BCUT2D eigenvalue weighted by Crippen LogP contribution is 2.68. The fourth-order valence-corrected chi connectivity index (χ4v) is 7.64. The Morgan fingerprint density at radius 2 is 1.55 bits per heavy atom. The van der Waals surface area contributed by atoms with Gasteiger partial charge in [0.25, 0.3) is 0 Å². The Balaban J connectivity index is 1.63. The van der Waals surface area contributed by atoms with Crippen LogP contribution < -0.4 is 0 Å². The number of aliphatic hydroxyl groups is 1. The maximum atomic E-state index is 14.3. The predicted molar refractivity (Wildman–Crippen MR) is 142 cm³/mol. The molecule has 1 aromatic carbocycles. The summed E-state index contributed by atoms with van der Waals surface area (Å²) in [5, 5.41) is 11.8. The fourth-order valence-electron chi connectivity index (χ4n) is 7.64. The van der Waals surface area contributed by atoms with Crippen LogP contribution in [0.25, 0.3) is 0 Å². The number of hydrogen-bond donors (Lipinski definition) is 1. The quantitative estimate of drug-likeness (QED) is 0.258. The summed E-state index contributed by atoms with van der Waals surface area (Å²) >= 11 is 0. The normalized spacial score (nSPS) is 42.5. The van der Waals surface area contributed by atoms with E-state index in [9.17, 15) is 24.3 Å². The molecule has 0 amide bonds. The van der Waals surface area contributed by atoms with Crippen LogP contribution in [0.15, 0.2) is 42.0 Å². The topological polar surface area (TPSA) is 129 Å². The van der Waals surface area contributed by atoms with Crippen molar-refractivity contribution in [1.82, 2.24) is 0 Å². The summed E-state index contributed by atoms with van der Waals surface area (Å²) in [7, 11) is 0. The lowest BCUT2D eigenvalue weighted by atomic mass is 9.80. The zero-order valence-corrected chi connectivity index (χ0v) is 24.0. The molecular weight excluding hydrogens is 516 g/mol. The SMILES string of the molecule is CC(=O)O[C@H]1[C@@H]2[C@H]([C@H](OC(=O)c3ccccc3)[C@H](O)/C(C)=C/[C@@]34O[C@@]3(C[C@H](C)[C@@H]4OC(C)=O)C(=O)[C@@H]1C)C2(C)C. The van der Waals surface area contributed by atoms with Gasteiger partial charge in [-0.05, 0) is 48.5 Å². The smallest absolute Gasteiger partial charge is 0.338 e. The first-order chi connectivity index (χ1) is 18.7. The van der Waals surface area contributed by atoms with E-state index in [1.54, 1.807) is 50.3 Å². The van der Waals surface area contributed by atoms with Crippen molar-refractivity contribution in [3.05, 3.63) is 47.5 Å². The first-order valence-electron chi connectivity index (χ1n) is 13.9. The van der Waals surface area contributed by atoms with E-state index in [1.165, 1.54) is 13.8 Å². The van der Waals surface area contributed by atoms with Gasteiger partial charge in [0.05, 0.1) is 11.5 Å². The van der Waals surface area contributed by atoms with E-state index in [-0.39, 0.29) is 17.6 Å². The molecule has 1 aliphatic heterocycles. The van der Waals surface area contributed by atoms with Crippen molar-refractivity contribution in [2.45, 2.75) is 90.5 Å². The lowest BCUT2D eigenvalue weighted by Gasteiger charge is -2.28. The molecule has 216 valence electrons. The van der Waals surface area contributed by atoms with Crippen molar-refractivity contribution in [3.63, 3.8) is 0 Å². The third-order valence-electron chi connectivity index (χ3n) is 9.56. The van der Waals surface area contributed by atoms with Crippen molar-refractivity contribution < 1.29 is 43.2 Å². The van der Waals surface area contributed by atoms with E-state index in [0.29, 0.717) is 17.6 Å². The van der Waals surface area contributed by atoms with Crippen LogP contribution in [0.1, 0.15) is 65.2 Å². The molecular formula is C31H38O9. The summed E-state index contributed by atoms with van der Waals surface area (Å²) in [5.41, 5.74) is -2.33. The molecule has 9 heteroatoms. The van der Waals surface area contributed by atoms with E-state index in [1.807, 2.05) is 20.8 Å². The first kappa shape index (κ1) is 28.5. The van der Waals surface area contributed by atoms with Crippen molar-refractivity contribution in [1.29, 1.82) is 0 Å². The maximum absolute atomic E-state index is 14.3. The maximum Gasteiger partial charge on any atom is 0.338 e. The summed E-state index contributed by atoms with van der Waals surface area (Å²) in [4.78, 5) is 51.8. The molecule has 0 spiro atoms. The van der Waals surface area contributed by atoms with Crippen LogP contribution in [0.2, 0.25) is 0 Å². The second-order valence-electron chi connectivity index (χ2n) is 12.6. The Hall–Kier alpha value is -3.04. The molecule has 9 nitrogen and oxygen atoms in total. The number of aliphatic hydroxyl groups excluding tert-OH is 1. The van der Waals surface area contributed by atoms with Gasteiger partial charge in [-0.25, -0.2) is 4.79 Å². The van der Waals surface area contributed by atoms with Crippen molar-refractivity contribution >= 4 is 23.7 Å². The number of carbonyl (C=O) groups excluding carboxylic acids is 4. The van der Waals surface area contributed by atoms with E-state index >= 15 is 0 Å². The van der Waals surface area contributed by atoms with Gasteiger partial charge in [0, 0.05) is 25.7 Å². The number of Topliss-reactive ketones (excluding diaryl/α,β-unsaturated/α-hetero) is 1. The number of epoxide rings is 1. The molecule has 0 bridgehead atoms. The number of esters is 3. The average molecular weight is 555 g/mol. The van der Waals surface area contributed by atoms with E-state index in [4.69, 9.17) is 18.9 Å². The second kappa shape index (κ2) is 9.52. The predicted octanol–water partition coefficient (Wildman–Crippen LogP) is 3.42. The van der Waals surface area contributed by atoms with Gasteiger partial charge in [-0.3, -0.25) is 14.4 Å². The largest absolute Gasteiger partial charge is 0.461 e. The molecule has 0 unspecified atom stereocenters. The van der Waals surface area contributed by atoms with Gasteiger partial charge in [0.15, 0.2) is 17.0 Å². The Bertz CT molecular complexity index is 1270. The van der Waals surface area contributed by atoms with Gasteiger partial charge in [-0.2, -0.15) is 0 Å². The molecule has 0 aromatic heterocycles. The van der Waals surface area contributed by atoms with Crippen LogP contribution in [-0.2, 0) is 33.3 Å². The summed E-state index contributed by atoms with van der Waals surface area (Å²) in [6.45, 7) is 11.8. The van der Waals surface area contributed by atoms with Crippen molar-refractivity contribution in [2.24, 2.45) is 29.1 Å². The first-order valence-corrected chi connectivity index (χ1v) is 13.9. The van der Waals surface area contributed by atoms with Crippen molar-refractivity contribution in [2.75, 3.05) is 0 Å². The lowest BCUT2D eigenvalue weighted by molar-refractivity contribution is -0.154. The van der Waals surface area contributed by atoms with Gasteiger partial charge < -0.3 is 24.1 Å². The number of fused-ring (bicyclic) bond motifs is 1. The zero-order valence-electron chi connectivity index (χ0n) is 24.0. The van der Waals surface area contributed by atoms with Crippen LogP contribution in [0, 0.1) is 29.1 Å². The van der Waals surface area contributed by atoms with Gasteiger partial charge in [-0.1, -0.05) is 45.9 Å². The number of ether oxygens (including phenoxy) is 4. The molecule has 3 fully saturated rings. The Morgan fingerprint density at radius 3 is 2.15 bits per heavy atom. The summed E-state index contributed by atoms with van der Waals surface area (Å²) in [5.74, 6) is -3.63. The molecule has 4 aliphatic rings.